The summed E-state index contributed by atoms with van der Waals surface area (Å²) in [6.07, 6.45) is 1.58. The van der Waals surface area contributed by atoms with Crippen molar-refractivity contribution in [3.05, 3.63) is 53.9 Å². The van der Waals surface area contributed by atoms with Crippen LogP contribution >= 0.6 is 0 Å². The van der Waals surface area contributed by atoms with Crippen LogP contribution < -0.4 is 10.0 Å². The molecule has 114 valence electrons. The van der Waals surface area contributed by atoms with Crippen molar-refractivity contribution in [1.82, 2.24) is 9.71 Å². The lowest BCUT2D eigenvalue weighted by atomic mass is 10.3. The van der Waals surface area contributed by atoms with Gasteiger partial charge < -0.3 is 5.32 Å². The zero-order valence-corrected chi connectivity index (χ0v) is 11.9. The molecule has 3 rings (SSSR count). The van der Waals surface area contributed by atoms with Gasteiger partial charge in [0.15, 0.2) is 0 Å². The van der Waals surface area contributed by atoms with Gasteiger partial charge in [-0.25, -0.2) is 26.9 Å². The van der Waals surface area contributed by atoms with E-state index in [1.807, 2.05) is 0 Å². The highest BCUT2D eigenvalue weighted by molar-refractivity contribution is 7.90. The van der Waals surface area contributed by atoms with Gasteiger partial charge in [0.1, 0.15) is 16.5 Å². The van der Waals surface area contributed by atoms with Crippen molar-refractivity contribution in [3.8, 4) is 0 Å². The fraction of sp³-hybridized carbons (Fsp3) is 0.0769. The number of pyridine rings is 1. The fourth-order valence-corrected chi connectivity index (χ4v) is 3.17. The topological polar surface area (TPSA) is 83.5 Å². The molecule has 0 fully saturated rings. The van der Waals surface area contributed by atoms with Crippen LogP contribution in [0.15, 0.2) is 46.4 Å². The lowest BCUT2D eigenvalue weighted by molar-refractivity contribution is 0.548. The minimum atomic E-state index is -4.15. The predicted octanol–water partition coefficient (Wildman–Crippen LogP) is 1.62. The molecule has 0 amide bonds. The number of rotatable bonds is 2. The Labute approximate surface area is 125 Å². The first-order chi connectivity index (χ1) is 10.5. The Morgan fingerprint density at radius 3 is 2.77 bits per heavy atom. The SMILES string of the molecule is O=S1(=O)NC(=NCc2ccccn2)Nc2cc(F)cc(F)c21. The molecule has 22 heavy (non-hydrogen) atoms. The van der Waals surface area contributed by atoms with Crippen LogP contribution in [-0.4, -0.2) is 19.4 Å². The van der Waals surface area contributed by atoms with E-state index < -0.39 is 26.6 Å². The molecule has 2 heterocycles. The van der Waals surface area contributed by atoms with E-state index in [4.69, 9.17) is 0 Å². The molecule has 2 aromatic rings. The highest BCUT2D eigenvalue weighted by atomic mass is 32.2. The summed E-state index contributed by atoms with van der Waals surface area (Å²) in [6.45, 7) is 0.110. The largest absolute Gasteiger partial charge is 0.324 e. The van der Waals surface area contributed by atoms with Gasteiger partial charge in [-0.3, -0.25) is 4.98 Å². The van der Waals surface area contributed by atoms with Gasteiger partial charge in [-0.15, -0.1) is 0 Å². The van der Waals surface area contributed by atoms with Crippen molar-refractivity contribution < 1.29 is 17.2 Å². The highest BCUT2D eigenvalue weighted by Gasteiger charge is 2.30. The normalized spacial score (nSPS) is 17.5. The maximum absolute atomic E-state index is 13.7. The second kappa shape index (κ2) is 5.34. The molecule has 0 aliphatic carbocycles. The van der Waals surface area contributed by atoms with Crippen LogP contribution in [0, 0.1) is 11.6 Å². The highest BCUT2D eigenvalue weighted by Crippen LogP contribution is 2.28. The van der Waals surface area contributed by atoms with E-state index in [0.717, 1.165) is 6.07 Å². The van der Waals surface area contributed by atoms with Crippen LogP contribution in [0.1, 0.15) is 5.69 Å². The van der Waals surface area contributed by atoms with E-state index >= 15 is 0 Å². The fourth-order valence-electron chi connectivity index (χ4n) is 1.98. The third-order valence-electron chi connectivity index (χ3n) is 2.89. The monoisotopic (exact) mass is 324 g/mol. The summed E-state index contributed by atoms with van der Waals surface area (Å²) in [5.74, 6) is -2.17. The van der Waals surface area contributed by atoms with Crippen LogP contribution in [0.25, 0.3) is 0 Å². The standard InChI is InChI=1S/C13H10F2N4O2S/c14-8-5-10(15)12-11(6-8)18-13(19-22(12,20)21)17-7-9-3-1-2-4-16-9/h1-6H,7H2,(H2,17,18,19). The van der Waals surface area contributed by atoms with Crippen LogP contribution in [0.3, 0.4) is 0 Å². The van der Waals surface area contributed by atoms with Crippen molar-refractivity contribution >= 4 is 21.7 Å². The number of nitrogens with one attached hydrogen (secondary N) is 2. The van der Waals surface area contributed by atoms with E-state index in [9.17, 15) is 17.2 Å². The maximum atomic E-state index is 13.7. The quantitative estimate of drug-likeness (QED) is 0.879. The third kappa shape index (κ3) is 2.75. The lowest BCUT2D eigenvalue weighted by Gasteiger charge is -2.21. The molecule has 1 aromatic carbocycles. The average Bonchev–Trinajstić information content (AvgIpc) is 2.44. The number of nitrogens with zero attached hydrogens (tertiary/aromatic N) is 2. The minimum absolute atomic E-state index is 0.110. The molecule has 6 nitrogen and oxygen atoms in total. The number of halogens is 2. The van der Waals surface area contributed by atoms with Gasteiger partial charge in [0.25, 0.3) is 10.0 Å². The molecule has 1 aromatic heterocycles. The summed E-state index contributed by atoms with van der Waals surface area (Å²) in [6, 6.07) is 6.62. The second-order valence-corrected chi connectivity index (χ2v) is 6.10. The van der Waals surface area contributed by atoms with Gasteiger partial charge in [-0.2, -0.15) is 0 Å². The van der Waals surface area contributed by atoms with E-state index in [0.29, 0.717) is 11.8 Å². The summed E-state index contributed by atoms with van der Waals surface area (Å²) < 4.78 is 53.0. The Morgan fingerprint density at radius 1 is 1.23 bits per heavy atom. The number of fused-ring (bicyclic) bond motifs is 1. The molecule has 0 radical (unpaired) electrons. The number of hydrogen-bond acceptors (Lipinski definition) is 4. The molecule has 0 atom stereocenters. The number of anilines is 1. The van der Waals surface area contributed by atoms with E-state index in [2.05, 4.69) is 20.0 Å². The maximum Gasteiger partial charge on any atom is 0.269 e. The molecular formula is C13H10F2N4O2S. The number of aromatic nitrogens is 1. The molecule has 0 saturated carbocycles. The Hall–Kier alpha value is -2.55. The van der Waals surface area contributed by atoms with Gasteiger partial charge >= 0.3 is 0 Å². The Balaban J connectivity index is 1.95. The smallest absolute Gasteiger partial charge is 0.269 e. The van der Waals surface area contributed by atoms with Crippen molar-refractivity contribution in [2.75, 3.05) is 5.32 Å². The van der Waals surface area contributed by atoms with Gasteiger partial charge in [0.05, 0.1) is 17.9 Å². The number of guanidine groups is 1. The van der Waals surface area contributed by atoms with E-state index in [1.165, 1.54) is 0 Å². The van der Waals surface area contributed by atoms with Gasteiger partial charge in [0, 0.05) is 12.3 Å². The summed E-state index contributed by atoms with van der Waals surface area (Å²) in [5.41, 5.74) is 0.420. The Kier molecular flexibility index (Phi) is 3.49. The van der Waals surface area contributed by atoms with Crippen molar-refractivity contribution in [3.63, 3.8) is 0 Å². The molecule has 0 saturated heterocycles. The third-order valence-corrected chi connectivity index (χ3v) is 4.30. The molecule has 0 spiro atoms. The van der Waals surface area contributed by atoms with E-state index in [-0.39, 0.29) is 18.2 Å². The summed E-state index contributed by atoms with van der Waals surface area (Å²) in [4.78, 5) is 7.42. The zero-order valence-electron chi connectivity index (χ0n) is 11.0. The lowest BCUT2D eigenvalue weighted by Crippen LogP contribution is -2.41. The first-order valence-corrected chi connectivity index (χ1v) is 7.67. The molecule has 1 aliphatic rings. The first-order valence-electron chi connectivity index (χ1n) is 6.19. The van der Waals surface area contributed by atoms with Crippen LogP contribution in [-0.2, 0) is 16.6 Å². The molecule has 9 heteroatoms. The second-order valence-electron chi connectivity index (χ2n) is 4.48. The molecular weight excluding hydrogens is 314 g/mol. The van der Waals surface area contributed by atoms with Gasteiger partial charge in [0.2, 0.25) is 5.96 Å². The molecule has 0 bridgehead atoms. The van der Waals surface area contributed by atoms with Crippen LogP contribution in [0.5, 0.6) is 0 Å². The van der Waals surface area contributed by atoms with Crippen molar-refractivity contribution in [2.45, 2.75) is 11.4 Å². The minimum Gasteiger partial charge on any atom is -0.324 e. The summed E-state index contributed by atoms with van der Waals surface area (Å²) >= 11 is 0. The molecule has 1 aliphatic heterocycles. The van der Waals surface area contributed by atoms with Gasteiger partial charge in [-0.1, -0.05) is 6.07 Å². The molecule has 2 N–H and O–H groups in total. The Bertz CT molecular complexity index is 854. The van der Waals surface area contributed by atoms with Crippen molar-refractivity contribution in [2.24, 2.45) is 4.99 Å². The average molecular weight is 324 g/mol. The number of benzene rings is 1. The van der Waals surface area contributed by atoms with Crippen LogP contribution in [0.4, 0.5) is 14.5 Å². The summed E-state index contributed by atoms with van der Waals surface area (Å²) in [5, 5.41) is 2.56. The van der Waals surface area contributed by atoms with Crippen molar-refractivity contribution in [1.29, 1.82) is 0 Å². The number of hydrogen-bond donors (Lipinski definition) is 2. The number of sulfonamides is 1. The molecule has 0 unspecified atom stereocenters. The Morgan fingerprint density at radius 2 is 2.05 bits per heavy atom. The zero-order chi connectivity index (χ0) is 15.7. The summed E-state index contributed by atoms with van der Waals surface area (Å²) in [7, 11) is -4.15. The van der Waals surface area contributed by atoms with Crippen LogP contribution in [0.2, 0.25) is 0 Å². The first kappa shape index (κ1) is 14.4. The number of aliphatic imine (C=N–C) groups is 1. The predicted molar refractivity (Wildman–Crippen MR) is 75.7 cm³/mol. The van der Waals surface area contributed by atoms with E-state index in [1.54, 1.807) is 24.4 Å². The van der Waals surface area contributed by atoms with Gasteiger partial charge in [-0.05, 0) is 18.2 Å².